The highest BCUT2D eigenvalue weighted by molar-refractivity contribution is 5.44. The first-order chi connectivity index (χ1) is 9.26. The van der Waals surface area contributed by atoms with Crippen molar-refractivity contribution in [3.63, 3.8) is 0 Å². The van der Waals surface area contributed by atoms with Crippen LogP contribution >= 0.6 is 0 Å². The molecule has 0 aliphatic rings. The molecule has 1 rings (SSSR count). The van der Waals surface area contributed by atoms with Gasteiger partial charge in [-0.05, 0) is 17.7 Å². The Morgan fingerprint density at radius 2 is 2.26 bits per heavy atom. The highest BCUT2D eigenvalue weighted by Crippen LogP contribution is 2.29. The first-order valence-corrected chi connectivity index (χ1v) is 5.62. The summed E-state index contributed by atoms with van der Waals surface area (Å²) in [6, 6.07) is 6.86. The summed E-state index contributed by atoms with van der Waals surface area (Å²) >= 11 is 0. The predicted octanol–water partition coefficient (Wildman–Crippen LogP) is 2.17. The summed E-state index contributed by atoms with van der Waals surface area (Å²) in [5.41, 5.74) is 8.89. The highest BCUT2D eigenvalue weighted by atomic mass is 16.5. The number of nitriles is 1. The fraction of sp³-hybridized carbons (Fsp3) is 0.417. The molecule has 0 aliphatic carbocycles. The Labute approximate surface area is 111 Å². The monoisotopic (exact) mass is 261 g/mol. The number of hydrogen-bond acceptors (Lipinski definition) is 5. The Morgan fingerprint density at radius 1 is 1.47 bits per heavy atom. The smallest absolute Gasteiger partial charge is 0.128 e. The SMILES string of the molecule is COc1ccc(C(C#N)NCCN=[N+]=[N-])c(OC)c1. The zero-order chi connectivity index (χ0) is 14.1. The lowest BCUT2D eigenvalue weighted by molar-refractivity contribution is 0.388. The van der Waals surface area contributed by atoms with Gasteiger partial charge in [0.1, 0.15) is 17.5 Å². The maximum Gasteiger partial charge on any atom is 0.128 e. The van der Waals surface area contributed by atoms with Crippen LogP contribution in [0, 0.1) is 11.3 Å². The van der Waals surface area contributed by atoms with Crippen LogP contribution in [0.5, 0.6) is 11.5 Å². The molecule has 1 aromatic carbocycles. The number of methoxy groups -OCH3 is 2. The molecule has 1 aromatic rings. The van der Waals surface area contributed by atoms with Crippen molar-refractivity contribution in [3.8, 4) is 17.6 Å². The van der Waals surface area contributed by atoms with Crippen molar-refractivity contribution < 1.29 is 9.47 Å². The first kappa shape index (κ1) is 14.6. The molecule has 0 fully saturated rings. The average Bonchev–Trinajstić information content (AvgIpc) is 2.47. The molecule has 0 saturated heterocycles. The van der Waals surface area contributed by atoms with Crippen molar-refractivity contribution in [3.05, 3.63) is 34.2 Å². The number of ether oxygens (including phenoxy) is 2. The van der Waals surface area contributed by atoms with Crippen LogP contribution in [0.1, 0.15) is 11.6 Å². The Balaban J connectivity index is 2.85. The second-order valence-corrected chi connectivity index (χ2v) is 3.58. The Hall–Kier alpha value is -2.42. The third-order valence-electron chi connectivity index (χ3n) is 2.50. The van der Waals surface area contributed by atoms with E-state index in [1.54, 1.807) is 25.3 Å². The van der Waals surface area contributed by atoms with Crippen LogP contribution in [0.15, 0.2) is 23.3 Å². The standard InChI is InChI=1S/C12H15N5O2/c1-18-9-3-4-10(12(7-9)19-2)11(8-13)15-5-6-16-17-14/h3-4,7,11,15H,5-6H2,1-2H3. The molecular weight excluding hydrogens is 246 g/mol. The Morgan fingerprint density at radius 3 is 2.84 bits per heavy atom. The molecule has 7 nitrogen and oxygen atoms in total. The van der Waals surface area contributed by atoms with E-state index in [4.69, 9.17) is 15.0 Å². The van der Waals surface area contributed by atoms with E-state index in [0.29, 0.717) is 23.6 Å². The van der Waals surface area contributed by atoms with E-state index < -0.39 is 6.04 Å². The second kappa shape index (κ2) is 7.82. The summed E-state index contributed by atoms with van der Waals surface area (Å²) in [6.45, 7) is 0.699. The molecule has 0 radical (unpaired) electrons. The summed E-state index contributed by atoms with van der Waals surface area (Å²) in [7, 11) is 3.10. The highest BCUT2D eigenvalue weighted by Gasteiger charge is 2.15. The van der Waals surface area contributed by atoms with Crippen molar-refractivity contribution in [2.75, 3.05) is 27.3 Å². The second-order valence-electron chi connectivity index (χ2n) is 3.58. The van der Waals surface area contributed by atoms with Crippen molar-refractivity contribution in [2.24, 2.45) is 5.11 Å². The van der Waals surface area contributed by atoms with E-state index in [1.807, 2.05) is 0 Å². The lowest BCUT2D eigenvalue weighted by atomic mass is 10.1. The van der Waals surface area contributed by atoms with Gasteiger partial charge in [0.15, 0.2) is 0 Å². The van der Waals surface area contributed by atoms with Gasteiger partial charge in [0, 0.05) is 29.6 Å². The average molecular weight is 261 g/mol. The number of benzene rings is 1. The van der Waals surface area contributed by atoms with Crippen LogP contribution in [0.2, 0.25) is 0 Å². The summed E-state index contributed by atoms with van der Waals surface area (Å²) in [5, 5.41) is 15.6. The minimum atomic E-state index is -0.533. The maximum absolute atomic E-state index is 9.18. The van der Waals surface area contributed by atoms with Gasteiger partial charge >= 0.3 is 0 Å². The van der Waals surface area contributed by atoms with Crippen molar-refractivity contribution in [2.45, 2.75) is 6.04 Å². The van der Waals surface area contributed by atoms with Crippen LogP contribution < -0.4 is 14.8 Å². The quantitative estimate of drug-likeness (QED) is 0.351. The molecule has 100 valence electrons. The van der Waals surface area contributed by atoms with Crippen molar-refractivity contribution >= 4 is 0 Å². The van der Waals surface area contributed by atoms with Crippen molar-refractivity contribution in [1.29, 1.82) is 5.26 Å². The molecule has 7 heteroatoms. The summed E-state index contributed by atoms with van der Waals surface area (Å²) in [5.74, 6) is 1.23. The maximum atomic E-state index is 9.18. The summed E-state index contributed by atoms with van der Waals surface area (Å²) in [4.78, 5) is 2.65. The number of nitrogens with zero attached hydrogens (tertiary/aromatic N) is 4. The third kappa shape index (κ3) is 4.07. The molecule has 0 saturated carbocycles. The van der Waals surface area contributed by atoms with Crippen LogP contribution in [0.3, 0.4) is 0 Å². The molecule has 0 spiro atoms. The molecular formula is C12H15N5O2. The van der Waals surface area contributed by atoms with Gasteiger partial charge in [0.05, 0.1) is 20.3 Å². The molecule has 0 aliphatic heterocycles. The Kier molecular flexibility index (Phi) is 6.03. The van der Waals surface area contributed by atoms with E-state index in [1.165, 1.54) is 7.11 Å². The van der Waals surface area contributed by atoms with E-state index >= 15 is 0 Å². The van der Waals surface area contributed by atoms with E-state index in [2.05, 4.69) is 21.4 Å². The lowest BCUT2D eigenvalue weighted by Gasteiger charge is -2.15. The lowest BCUT2D eigenvalue weighted by Crippen LogP contribution is -2.23. The zero-order valence-corrected chi connectivity index (χ0v) is 10.8. The van der Waals surface area contributed by atoms with Gasteiger partial charge in [-0.1, -0.05) is 5.11 Å². The van der Waals surface area contributed by atoms with Crippen LogP contribution in [-0.2, 0) is 0 Å². The van der Waals surface area contributed by atoms with Crippen LogP contribution in [0.4, 0.5) is 0 Å². The van der Waals surface area contributed by atoms with Gasteiger partial charge in [0.25, 0.3) is 0 Å². The van der Waals surface area contributed by atoms with Crippen molar-refractivity contribution in [1.82, 2.24) is 5.32 Å². The largest absolute Gasteiger partial charge is 0.497 e. The normalized spacial score (nSPS) is 11.0. The minimum absolute atomic E-state index is 0.285. The van der Waals surface area contributed by atoms with E-state index in [0.717, 1.165) is 0 Å². The number of rotatable bonds is 7. The molecule has 1 unspecified atom stereocenters. The minimum Gasteiger partial charge on any atom is -0.497 e. The molecule has 0 heterocycles. The summed E-state index contributed by atoms with van der Waals surface area (Å²) in [6.07, 6.45) is 0. The predicted molar refractivity (Wildman–Crippen MR) is 69.9 cm³/mol. The molecule has 0 amide bonds. The zero-order valence-electron chi connectivity index (χ0n) is 10.8. The van der Waals surface area contributed by atoms with Crippen LogP contribution in [0.25, 0.3) is 10.4 Å². The Bertz CT molecular complexity index is 505. The molecule has 0 aromatic heterocycles. The number of azide groups is 1. The first-order valence-electron chi connectivity index (χ1n) is 5.62. The van der Waals surface area contributed by atoms with Crippen LogP contribution in [-0.4, -0.2) is 27.3 Å². The molecule has 1 atom stereocenters. The fourth-order valence-corrected chi connectivity index (χ4v) is 1.59. The van der Waals surface area contributed by atoms with Gasteiger partial charge in [-0.25, -0.2) is 0 Å². The van der Waals surface area contributed by atoms with Gasteiger partial charge < -0.3 is 9.47 Å². The topological polar surface area (TPSA) is 103 Å². The molecule has 0 bridgehead atoms. The summed E-state index contributed by atoms with van der Waals surface area (Å²) < 4.78 is 10.3. The van der Waals surface area contributed by atoms with Gasteiger partial charge in [-0.15, -0.1) is 0 Å². The number of hydrogen-bond donors (Lipinski definition) is 1. The fourth-order valence-electron chi connectivity index (χ4n) is 1.59. The van der Waals surface area contributed by atoms with E-state index in [-0.39, 0.29) is 6.54 Å². The van der Waals surface area contributed by atoms with Gasteiger partial charge in [-0.2, -0.15) is 5.26 Å². The number of nitrogens with one attached hydrogen (secondary N) is 1. The van der Waals surface area contributed by atoms with E-state index in [9.17, 15) is 5.26 Å². The van der Waals surface area contributed by atoms with Gasteiger partial charge in [-0.3, -0.25) is 5.32 Å². The molecule has 19 heavy (non-hydrogen) atoms. The third-order valence-corrected chi connectivity index (χ3v) is 2.50. The van der Waals surface area contributed by atoms with Gasteiger partial charge in [0.2, 0.25) is 0 Å². The molecule has 1 N–H and O–H groups in total.